The third kappa shape index (κ3) is 3.35. The lowest BCUT2D eigenvalue weighted by atomic mass is 9.96. The molecule has 1 aliphatic heterocycles. The first-order valence-corrected chi connectivity index (χ1v) is 6.90. The maximum atomic E-state index is 12.0. The van der Waals surface area contributed by atoms with E-state index >= 15 is 0 Å². The number of hydrogen-bond acceptors (Lipinski definition) is 2. The SMILES string of the molecule is CC(O)C1CCN(C(=O)NC2CCCCC2)C1. The fourth-order valence-corrected chi connectivity index (χ4v) is 2.88. The van der Waals surface area contributed by atoms with E-state index in [0.717, 1.165) is 25.8 Å². The summed E-state index contributed by atoms with van der Waals surface area (Å²) in [6.07, 6.45) is 6.65. The number of amides is 2. The van der Waals surface area contributed by atoms with Crippen LogP contribution >= 0.6 is 0 Å². The van der Waals surface area contributed by atoms with Gasteiger partial charge in [-0.25, -0.2) is 4.79 Å². The Kier molecular flexibility index (Phi) is 4.26. The highest BCUT2D eigenvalue weighted by Gasteiger charge is 2.30. The average Bonchev–Trinajstić information content (AvgIpc) is 2.79. The molecule has 0 radical (unpaired) electrons. The van der Waals surface area contributed by atoms with Gasteiger partial charge in [0.2, 0.25) is 0 Å². The lowest BCUT2D eigenvalue weighted by molar-refractivity contribution is 0.129. The van der Waals surface area contributed by atoms with Crippen LogP contribution in [0.3, 0.4) is 0 Å². The summed E-state index contributed by atoms with van der Waals surface area (Å²) in [5.74, 6) is 0.257. The molecule has 1 aliphatic carbocycles. The number of rotatable bonds is 2. The van der Waals surface area contributed by atoms with Crippen molar-refractivity contribution in [1.29, 1.82) is 0 Å². The number of hydrogen-bond donors (Lipinski definition) is 2. The Labute approximate surface area is 103 Å². The van der Waals surface area contributed by atoms with Gasteiger partial charge >= 0.3 is 6.03 Å². The van der Waals surface area contributed by atoms with E-state index in [1.54, 1.807) is 0 Å². The first kappa shape index (κ1) is 12.7. The van der Waals surface area contributed by atoms with Crippen LogP contribution in [0.15, 0.2) is 0 Å². The quantitative estimate of drug-likeness (QED) is 0.772. The van der Waals surface area contributed by atoms with Gasteiger partial charge in [0.15, 0.2) is 0 Å². The number of likely N-dealkylation sites (tertiary alicyclic amines) is 1. The van der Waals surface area contributed by atoms with Crippen LogP contribution in [0.2, 0.25) is 0 Å². The minimum Gasteiger partial charge on any atom is -0.393 e. The van der Waals surface area contributed by atoms with Crippen molar-refractivity contribution in [3.8, 4) is 0 Å². The molecule has 0 aromatic rings. The predicted molar refractivity (Wildman–Crippen MR) is 66.8 cm³/mol. The van der Waals surface area contributed by atoms with Gasteiger partial charge in [-0.3, -0.25) is 0 Å². The molecule has 4 nitrogen and oxygen atoms in total. The van der Waals surface area contributed by atoms with Gasteiger partial charge in [0, 0.05) is 25.0 Å². The number of carbonyl (C=O) groups excluding carboxylic acids is 1. The molecule has 2 amide bonds. The Morgan fingerprint density at radius 3 is 2.59 bits per heavy atom. The van der Waals surface area contributed by atoms with Crippen molar-refractivity contribution in [1.82, 2.24) is 10.2 Å². The fourth-order valence-electron chi connectivity index (χ4n) is 2.88. The van der Waals surface area contributed by atoms with Crippen molar-refractivity contribution in [2.45, 2.75) is 57.6 Å². The molecule has 0 bridgehead atoms. The maximum absolute atomic E-state index is 12.0. The number of nitrogens with one attached hydrogen (secondary N) is 1. The summed E-state index contributed by atoms with van der Waals surface area (Å²) in [7, 11) is 0. The molecule has 2 aliphatic rings. The fraction of sp³-hybridized carbons (Fsp3) is 0.923. The molecule has 1 saturated carbocycles. The summed E-state index contributed by atoms with van der Waals surface area (Å²) >= 11 is 0. The highest BCUT2D eigenvalue weighted by Crippen LogP contribution is 2.21. The first-order valence-electron chi connectivity index (χ1n) is 6.90. The first-order chi connectivity index (χ1) is 8.16. The minimum absolute atomic E-state index is 0.0695. The highest BCUT2D eigenvalue weighted by atomic mass is 16.3. The molecule has 4 heteroatoms. The van der Waals surface area contributed by atoms with Crippen molar-refractivity contribution in [3.05, 3.63) is 0 Å². The second kappa shape index (κ2) is 5.71. The smallest absolute Gasteiger partial charge is 0.317 e. The van der Waals surface area contributed by atoms with Crippen LogP contribution in [-0.2, 0) is 0 Å². The molecule has 1 saturated heterocycles. The topological polar surface area (TPSA) is 52.6 Å². The van der Waals surface area contributed by atoms with E-state index in [-0.39, 0.29) is 18.1 Å². The van der Waals surface area contributed by atoms with Gasteiger partial charge in [-0.1, -0.05) is 19.3 Å². The van der Waals surface area contributed by atoms with E-state index in [2.05, 4.69) is 5.32 Å². The zero-order valence-corrected chi connectivity index (χ0v) is 10.7. The van der Waals surface area contributed by atoms with E-state index in [9.17, 15) is 9.90 Å². The largest absolute Gasteiger partial charge is 0.393 e. The second-order valence-corrected chi connectivity index (χ2v) is 5.52. The maximum Gasteiger partial charge on any atom is 0.317 e. The van der Waals surface area contributed by atoms with E-state index in [4.69, 9.17) is 0 Å². The van der Waals surface area contributed by atoms with Gasteiger partial charge in [0.1, 0.15) is 0 Å². The zero-order valence-electron chi connectivity index (χ0n) is 10.7. The Hall–Kier alpha value is -0.770. The third-order valence-corrected chi connectivity index (χ3v) is 4.13. The van der Waals surface area contributed by atoms with Gasteiger partial charge < -0.3 is 15.3 Å². The lowest BCUT2D eigenvalue weighted by Crippen LogP contribution is -2.44. The highest BCUT2D eigenvalue weighted by molar-refractivity contribution is 5.74. The van der Waals surface area contributed by atoms with Crippen molar-refractivity contribution in [2.75, 3.05) is 13.1 Å². The molecule has 0 aromatic heterocycles. The average molecular weight is 240 g/mol. The van der Waals surface area contributed by atoms with Gasteiger partial charge in [-0.05, 0) is 26.2 Å². The van der Waals surface area contributed by atoms with E-state index in [1.165, 1.54) is 19.3 Å². The summed E-state index contributed by atoms with van der Waals surface area (Å²) in [5, 5.41) is 12.6. The number of aliphatic hydroxyl groups is 1. The second-order valence-electron chi connectivity index (χ2n) is 5.52. The van der Waals surface area contributed by atoms with Crippen LogP contribution < -0.4 is 5.32 Å². The number of aliphatic hydroxyl groups excluding tert-OH is 1. The summed E-state index contributed by atoms with van der Waals surface area (Å²) in [6, 6.07) is 0.446. The van der Waals surface area contributed by atoms with E-state index in [0.29, 0.717) is 12.6 Å². The van der Waals surface area contributed by atoms with E-state index in [1.807, 2.05) is 11.8 Å². The standard InChI is InChI=1S/C13H24N2O2/c1-10(16)11-7-8-15(9-11)13(17)14-12-5-3-2-4-6-12/h10-12,16H,2-9H2,1H3,(H,14,17). The van der Waals surface area contributed by atoms with Gasteiger partial charge in [0.05, 0.1) is 6.10 Å². The molecule has 2 fully saturated rings. The van der Waals surface area contributed by atoms with Gasteiger partial charge in [-0.2, -0.15) is 0 Å². The molecule has 2 atom stereocenters. The van der Waals surface area contributed by atoms with Crippen molar-refractivity contribution < 1.29 is 9.90 Å². The van der Waals surface area contributed by atoms with Crippen LogP contribution in [0.25, 0.3) is 0 Å². The summed E-state index contributed by atoms with van der Waals surface area (Å²) in [6.45, 7) is 3.30. The van der Waals surface area contributed by atoms with E-state index < -0.39 is 0 Å². The Balaban J connectivity index is 1.76. The molecule has 0 spiro atoms. The number of urea groups is 1. The summed E-state index contributed by atoms with van der Waals surface area (Å²) in [5.41, 5.74) is 0. The predicted octanol–water partition coefficient (Wildman–Crippen LogP) is 1.73. The Morgan fingerprint density at radius 1 is 1.29 bits per heavy atom. The molecule has 98 valence electrons. The van der Waals surface area contributed by atoms with Crippen molar-refractivity contribution in [3.63, 3.8) is 0 Å². The molecule has 2 unspecified atom stereocenters. The lowest BCUT2D eigenvalue weighted by Gasteiger charge is -2.26. The van der Waals surface area contributed by atoms with Crippen LogP contribution in [0.4, 0.5) is 4.79 Å². The van der Waals surface area contributed by atoms with Gasteiger partial charge in [-0.15, -0.1) is 0 Å². The number of carbonyl (C=O) groups is 1. The molecule has 2 N–H and O–H groups in total. The third-order valence-electron chi connectivity index (χ3n) is 4.13. The Morgan fingerprint density at radius 2 is 2.00 bits per heavy atom. The number of nitrogens with zero attached hydrogens (tertiary/aromatic N) is 1. The molecular weight excluding hydrogens is 216 g/mol. The van der Waals surface area contributed by atoms with Crippen LogP contribution in [0.1, 0.15) is 45.4 Å². The van der Waals surface area contributed by atoms with Gasteiger partial charge in [0.25, 0.3) is 0 Å². The molecule has 0 aromatic carbocycles. The van der Waals surface area contributed by atoms with Crippen LogP contribution in [0, 0.1) is 5.92 Å². The van der Waals surface area contributed by atoms with Crippen LogP contribution in [-0.4, -0.2) is 41.3 Å². The minimum atomic E-state index is -0.303. The zero-order chi connectivity index (χ0) is 12.3. The normalized spacial score (nSPS) is 28.1. The summed E-state index contributed by atoms with van der Waals surface area (Å²) in [4.78, 5) is 13.9. The molecule has 17 heavy (non-hydrogen) atoms. The van der Waals surface area contributed by atoms with Crippen molar-refractivity contribution in [2.24, 2.45) is 5.92 Å². The summed E-state index contributed by atoms with van der Waals surface area (Å²) < 4.78 is 0. The monoisotopic (exact) mass is 240 g/mol. The van der Waals surface area contributed by atoms with Crippen molar-refractivity contribution >= 4 is 6.03 Å². The molecular formula is C13H24N2O2. The molecule has 1 heterocycles. The van der Waals surface area contributed by atoms with Crippen LogP contribution in [0.5, 0.6) is 0 Å². The molecule has 2 rings (SSSR count). The Bertz CT molecular complexity index is 262.